The number of nitrogens with zero attached hydrogens (tertiary/aromatic N) is 2. The Morgan fingerprint density at radius 3 is 2.54 bits per heavy atom. The molecule has 0 unspecified atom stereocenters. The highest BCUT2D eigenvalue weighted by Gasteiger charge is 2.41. The molecule has 2 aliphatic heterocycles. The molecule has 2 aromatic carbocycles. The van der Waals surface area contributed by atoms with Crippen LogP contribution in [0, 0.1) is 17.6 Å². The van der Waals surface area contributed by atoms with Crippen LogP contribution in [0.25, 0.3) is 0 Å². The highest BCUT2D eigenvalue weighted by Crippen LogP contribution is 2.31. The van der Waals surface area contributed by atoms with E-state index < -0.39 is 0 Å². The third-order valence-corrected chi connectivity index (χ3v) is 5.46. The van der Waals surface area contributed by atoms with Crippen LogP contribution in [0.1, 0.15) is 24.0 Å². The van der Waals surface area contributed by atoms with Gasteiger partial charge in [-0.2, -0.15) is 0 Å². The summed E-state index contributed by atoms with van der Waals surface area (Å²) >= 11 is 0. The molecule has 2 bridgehead atoms. The van der Waals surface area contributed by atoms with Gasteiger partial charge < -0.3 is 4.90 Å². The zero-order chi connectivity index (χ0) is 18.1. The number of likely N-dealkylation sites (tertiary alicyclic amines) is 2. The number of halogens is 2. The minimum atomic E-state index is -0.273. The van der Waals surface area contributed by atoms with Crippen LogP contribution in [-0.2, 0) is 17.9 Å². The first kappa shape index (κ1) is 17.2. The molecule has 2 aliphatic rings. The van der Waals surface area contributed by atoms with Gasteiger partial charge in [-0.25, -0.2) is 8.78 Å². The minimum absolute atomic E-state index is 0.118. The third kappa shape index (κ3) is 3.63. The van der Waals surface area contributed by atoms with E-state index in [1.807, 2.05) is 11.0 Å². The SMILES string of the molecule is O=C1[C@H]2C[C@H](CCN2Cc2ccc(F)cc2)CN1Cc1cccc(F)c1. The lowest BCUT2D eigenvalue weighted by Crippen LogP contribution is -2.58. The normalized spacial score (nSPS) is 23.3. The molecule has 0 aliphatic carbocycles. The molecule has 0 aromatic heterocycles. The van der Waals surface area contributed by atoms with E-state index in [4.69, 9.17) is 0 Å². The van der Waals surface area contributed by atoms with Crippen molar-refractivity contribution in [3.63, 3.8) is 0 Å². The fourth-order valence-corrected chi connectivity index (χ4v) is 4.13. The van der Waals surface area contributed by atoms with Crippen molar-refractivity contribution in [2.75, 3.05) is 13.1 Å². The van der Waals surface area contributed by atoms with E-state index in [0.717, 1.165) is 37.1 Å². The number of rotatable bonds is 4. The topological polar surface area (TPSA) is 23.6 Å². The Hall–Kier alpha value is -2.27. The summed E-state index contributed by atoms with van der Waals surface area (Å²) in [5.74, 6) is 0.0932. The minimum Gasteiger partial charge on any atom is -0.337 e. The first-order valence-electron chi connectivity index (χ1n) is 9.10. The Morgan fingerprint density at radius 2 is 1.77 bits per heavy atom. The van der Waals surface area contributed by atoms with Crippen LogP contribution in [0.15, 0.2) is 48.5 Å². The van der Waals surface area contributed by atoms with Crippen LogP contribution in [0.5, 0.6) is 0 Å². The van der Waals surface area contributed by atoms with Crippen molar-refractivity contribution >= 4 is 5.91 Å². The molecule has 26 heavy (non-hydrogen) atoms. The van der Waals surface area contributed by atoms with E-state index in [1.54, 1.807) is 18.2 Å². The molecule has 2 fully saturated rings. The number of amides is 1. The fourth-order valence-electron chi connectivity index (χ4n) is 4.13. The average Bonchev–Trinajstić information content (AvgIpc) is 2.63. The van der Waals surface area contributed by atoms with E-state index in [1.165, 1.54) is 24.3 Å². The zero-order valence-electron chi connectivity index (χ0n) is 14.6. The number of piperidine rings is 2. The van der Waals surface area contributed by atoms with Gasteiger partial charge in [0.1, 0.15) is 11.6 Å². The predicted molar refractivity (Wildman–Crippen MR) is 95.1 cm³/mol. The summed E-state index contributed by atoms with van der Waals surface area (Å²) in [6.45, 7) is 2.73. The molecule has 0 N–H and O–H groups in total. The van der Waals surface area contributed by atoms with E-state index >= 15 is 0 Å². The standard InChI is InChI=1S/C21H22F2N2O/c22-18-6-4-15(5-7-18)12-24-9-8-17-11-20(24)21(26)25(14-17)13-16-2-1-3-19(23)10-16/h1-7,10,17,20H,8-9,11-14H2/t17-,20+/m0/s1. The van der Waals surface area contributed by atoms with Crippen molar-refractivity contribution < 1.29 is 13.6 Å². The van der Waals surface area contributed by atoms with E-state index in [0.29, 0.717) is 19.0 Å². The van der Waals surface area contributed by atoms with Crippen molar-refractivity contribution in [2.24, 2.45) is 5.92 Å². The first-order chi connectivity index (χ1) is 12.6. The van der Waals surface area contributed by atoms with Crippen molar-refractivity contribution in [3.05, 3.63) is 71.3 Å². The Bertz CT molecular complexity index is 793. The lowest BCUT2D eigenvalue weighted by molar-refractivity contribution is -0.146. The van der Waals surface area contributed by atoms with Crippen molar-refractivity contribution in [2.45, 2.75) is 32.0 Å². The van der Waals surface area contributed by atoms with Gasteiger partial charge in [0.25, 0.3) is 0 Å². The number of fused-ring (bicyclic) bond motifs is 2. The average molecular weight is 356 g/mol. The zero-order valence-corrected chi connectivity index (χ0v) is 14.6. The molecule has 3 nitrogen and oxygen atoms in total. The van der Waals surface area contributed by atoms with Gasteiger partial charge in [0.05, 0.1) is 6.04 Å². The van der Waals surface area contributed by atoms with Crippen molar-refractivity contribution in [1.82, 2.24) is 9.80 Å². The van der Waals surface area contributed by atoms with Crippen LogP contribution < -0.4 is 0 Å². The number of carbonyl (C=O) groups excluding carboxylic acids is 1. The summed E-state index contributed by atoms with van der Waals surface area (Å²) in [6.07, 6.45) is 1.92. The van der Waals surface area contributed by atoms with E-state index in [-0.39, 0.29) is 23.6 Å². The monoisotopic (exact) mass is 356 g/mol. The molecule has 0 saturated carbocycles. The second-order valence-corrected chi connectivity index (χ2v) is 7.35. The first-order valence-corrected chi connectivity index (χ1v) is 9.10. The maximum Gasteiger partial charge on any atom is 0.240 e. The molecule has 2 saturated heterocycles. The van der Waals surface area contributed by atoms with Gasteiger partial charge in [0.15, 0.2) is 0 Å². The van der Waals surface area contributed by atoms with Crippen molar-refractivity contribution in [3.8, 4) is 0 Å². The van der Waals surface area contributed by atoms with Crippen molar-refractivity contribution in [1.29, 1.82) is 0 Å². The maximum atomic E-state index is 13.4. The lowest BCUT2D eigenvalue weighted by Gasteiger charge is -2.46. The quantitative estimate of drug-likeness (QED) is 0.836. The van der Waals surface area contributed by atoms with Gasteiger partial charge in [-0.3, -0.25) is 9.69 Å². The second-order valence-electron chi connectivity index (χ2n) is 7.35. The Balaban J connectivity index is 1.48. The Labute approximate surface area is 152 Å². The van der Waals surface area contributed by atoms with Crippen LogP contribution in [0.2, 0.25) is 0 Å². The molecule has 2 atom stereocenters. The summed E-state index contributed by atoms with van der Waals surface area (Å²) < 4.78 is 26.6. The summed E-state index contributed by atoms with van der Waals surface area (Å²) in [5.41, 5.74) is 1.84. The molecule has 2 aromatic rings. The lowest BCUT2D eigenvalue weighted by atomic mass is 9.85. The fraction of sp³-hybridized carbons (Fsp3) is 0.381. The van der Waals surface area contributed by atoms with Crippen LogP contribution in [0.3, 0.4) is 0 Å². The van der Waals surface area contributed by atoms with E-state index in [9.17, 15) is 13.6 Å². The molecule has 1 amide bonds. The third-order valence-electron chi connectivity index (χ3n) is 5.46. The number of carbonyl (C=O) groups is 1. The summed E-state index contributed by atoms with van der Waals surface area (Å²) in [4.78, 5) is 17.1. The molecule has 5 heteroatoms. The molecule has 136 valence electrons. The second kappa shape index (κ2) is 7.16. The molecule has 0 radical (unpaired) electrons. The van der Waals surface area contributed by atoms with Gasteiger partial charge in [0, 0.05) is 19.6 Å². The van der Waals surface area contributed by atoms with Gasteiger partial charge in [-0.15, -0.1) is 0 Å². The number of hydrogen-bond donors (Lipinski definition) is 0. The van der Waals surface area contributed by atoms with Crippen LogP contribution in [-0.4, -0.2) is 34.8 Å². The number of hydrogen-bond acceptors (Lipinski definition) is 2. The van der Waals surface area contributed by atoms with E-state index in [2.05, 4.69) is 4.90 Å². The highest BCUT2D eigenvalue weighted by molar-refractivity contribution is 5.83. The molecular weight excluding hydrogens is 334 g/mol. The Kier molecular flexibility index (Phi) is 4.72. The smallest absolute Gasteiger partial charge is 0.240 e. The summed E-state index contributed by atoms with van der Waals surface area (Å²) in [5, 5.41) is 0. The predicted octanol–water partition coefficient (Wildman–Crippen LogP) is 3.59. The van der Waals surface area contributed by atoms with Crippen LogP contribution in [0.4, 0.5) is 8.78 Å². The van der Waals surface area contributed by atoms with Gasteiger partial charge in [-0.05, 0) is 60.7 Å². The van der Waals surface area contributed by atoms with Crippen LogP contribution >= 0.6 is 0 Å². The van der Waals surface area contributed by atoms with Gasteiger partial charge >= 0.3 is 0 Å². The molecule has 4 rings (SSSR count). The van der Waals surface area contributed by atoms with Gasteiger partial charge in [0.2, 0.25) is 5.91 Å². The maximum absolute atomic E-state index is 13.4. The summed E-state index contributed by atoms with van der Waals surface area (Å²) in [6, 6.07) is 12.8. The highest BCUT2D eigenvalue weighted by atomic mass is 19.1. The molecule has 0 spiro atoms. The molecular formula is C21H22F2N2O. The number of benzene rings is 2. The van der Waals surface area contributed by atoms with Gasteiger partial charge in [-0.1, -0.05) is 24.3 Å². The molecule has 2 heterocycles. The Morgan fingerprint density at radius 1 is 0.962 bits per heavy atom. The largest absolute Gasteiger partial charge is 0.337 e. The summed E-state index contributed by atoms with van der Waals surface area (Å²) in [7, 11) is 0.